The van der Waals surface area contributed by atoms with Gasteiger partial charge in [-0.25, -0.2) is 9.18 Å². The Kier molecular flexibility index (Phi) is 7.50. The zero-order valence-corrected chi connectivity index (χ0v) is 15.5. The summed E-state index contributed by atoms with van der Waals surface area (Å²) in [5, 5.41) is 5.71. The first-order valence-corrected chi connectivity index (χ1v) is 9.09. The maximum Gasteiger partial charge on any atom is 0.315 e. The second-order valence-corrected chi connectivity index (χ2v) is 6.92. The number of benzene rings is 1. The standard InChI is InChI=1S/C19H30FN3O2/c1-14-6-4-10-23(13-14)11-5-9-21-19(24)22-15(2)16-7-8-18(25-3)17(20)12-16/h7-8,12,14-15H,4-6,9-11,13H2,1-3H3,(H2,21,22,24). The number of ether oxygens (including phenoxy) is 1. The molecule has 0 aliphatic carbocycles. The van der Waals surface area contributed by atoms with E-state index in [0.29, 0.717) is 12.1 Å². The maximum absolute atomic E-state index is 13.7. The minimum Gasteiger partial charge on any atom is -0.494 e. The van der Waals surface area contributed by atoms with E-state index < -0.39 is 5.82 Å². The van der Waals surface area contributed by atoms with Crippen molar-refractivity contribution in [3.8, 4) is 5.75 Å². The van der Waals surface area contributed by atoms with Crippen LogP contribution in [-0.2, 0) is 0 Å². The van der Waals surface area contributed by atoms with Gasteiger partial charge in [0, 0.05) is 13.1 Å². The Bertz CT molecular complexity index is 568. The molecule has 25 heavy (non-hydrogen) atoms. The summed E-state index contributed by atoms with van der Waals surface area (Å²) in [5.74, 6) is 0.549. The number of urea groups is 1. The lowest BCUT2D eigenvalue weighted by Gasteiger charge is -2.30. The molecule has 2 amide bonds. The van der Waals surface area contributed by atoms with Crippen molar-refractivity contribution in [2.75, 3.05) is 33.3 Å². The molecule has 1 aliphatic heterocycles. The monoisotopic (exact) mass is 351 g/mol. The molecular formula is C19H30FN3O2. The fourth-order valence-electron chi connectivity index (χ4n) is 3.28. The number of hydrogen-bond acceptors (Lipinski definition) is 3. The number of methoxy groups -OCH3 is 1. The number of carbonyl (C=O) groups excluding carboxylic acids is 1. The number of hydrogen-bond donors (Lipinski definition) is 2. The SMILES string of the molecule is COc1ccc(C(C)NC(=O)NCCCN2CCCC(C)C2)cc1F. The Hall–Kier alpha value is -1.82. The Labute approximate surface area is 149 Å². The van der Waals surface area contributed by atoms with E-state index in [-0.39, 0.29) is 17.8 Å². The van der Waals surface area contributed by atoms with Crippen LogP contribution in [0.1, 0.15) is 44.7 Å². The van der Waals surface area contributed by atoms with Gasteiger partial charge in [-0.15, -0.1) is 0 Å². The van der Waals surface area contributed by atoms with Crippen LogP contribution in [0.3, 0.4) is 0 Å². The second kappa shape index (κ2) is 9.61. The molecule has 2 unspecified atom stereocenters. The number of nitrogens with one attached hydrogen (secondary N) is 2. The van der Waals surface area contributed by atoms with Crippen molar-refractivity contribution in [2.45, 2.75) is 39.2 Å². The van der Waals surface area contributed by atoms with Gasteiger partial charge in [0.1, 0.15) is 0 Å². The highest BCUT2D eigenvalue weighted by molar-refractivity contribution is 5.74. The van der Waals surface area contributed by atoms with Crippen molar-refractivity contribution < 1.29 is 13.9 Å². The molecule has 0 bridgehead atoms. The summed E-state index contributed by atoms with van der Waals surface area (Å²) in [4.78, 5) is 14.5. The molecule has 1 fully saturated rings. The zero-order chi connectivity index (χ0) is 18.2. The van der Waals surface area contributed by atoms with Gasteiger partial charge in [-0.2, -0.15) is 0 Å². The largest absolute Gasteiger partial charge is 0.494 e. The molecule has 5 nitrogen and oxygen atoms in total. The maximum atomic E-state index is 13.7. The molecule has 1 saturated heterocycles. The first-order chi connectivity index (χ1) is 12.0. The highest BCUT2D eigenvalue weighted by Crippen LogP contribution is 2.21. The minimum absolute atomic E-state index is 0.201. The van der Waals surface area contributed by atoms with Crippen molar-refractivity contribution >= 4 is 6.03 Å². The zero-order valence-electron chi connectivity index (χ0n) is 15.5. The molecule has 0 saturated carbocycles. The highest BCUT2D eigenvalue weighted by atomic mass is 19.1. The van der Waals surface area contributed by atoms with Gasteiger partial charge >= 0.3 is 6.03 Å². The van der Waals surface area contributed by atoms with Crippen LogP contribution in [0.4, 0.5) is 9.18 Å². The summed E-state index contributed by atoms with van der Waals surface area (Å²) in [5.41, 5.74) is 0.704. The number of likely N-dealkylation sites (tertiary alicyclic amines) is 1. The lowest BCUT2D eigenvalue weighted by Crippen LogP contribution is -2.39. The topological polar surface area (TPSA) is 53.6 Å². The van der Waals surface area contributed by atoms with Gasteiger partial charge in [-0.1, -0.05) is 13.0 Å². The lowest BCUT2D eigenvalue weighted by atomic mass is 10.0. The predicted octanol–water partition coefficient (Wildman–Crippen LogP) is 3.32. The molecule has 0 spiro atoms. The van der Waals surface area contributed by atoms with Crippen molar-refractivity contribution in [1.82, 2.24) is 15.5 Å². The number of amides is 2. The number of nitrogens with zero attached hydrogens (tertiary/aromatic N) is 1. The quantitative estimate of drug-likeness (QED) is 0.741. The normalized spacial score (nSPS) is 19.3. The predicted molar refractivity (Wildman–Crippen MR) is 97.4 cm³/mol. The van der Waals surface area contributed by atoms with E-state index in [0.717, 1.165) is 32.0 Å². The number of piperidine rings is 1. The number of rotatable bonds is 7. The fourth-order valence-corrected chi connectivity index (χ4v) is 3.28. The molecule has 0 aromatic heterocycles. The van der Waals surface area contributed by atoms with Crippen LogP contribution in [0, 0.1) is 11.7 Å². The number of halogens is 1. The molecule has 0 radical (unpaired) electrons. The summed E-state index contributed by atoms with van der Waals surface area (Å²) < 4.78 is 18.6. The molecule has 1 aliphatic rings. The number of carbonyl (C=O) groups is 1. The van der Waals surface area contributed by atoms with E-state index in [9.17, 15) is 9.18 Å². The molecule has 1 aromatic rings. The molecule has 140 valence electrons. The molecule has 2 atom stereocenters. The van der Waals surface area contributed by atoms with Crippen LogP contribution in [0.2, 0.25) is 0 Å². The first-order valence-electron chi connectivity index (χ1n) is 9.09. The average Bonchev–Trinajstić information content (AvgIpc) is 2.58. The molecular weight excluding hydrogens is 321 g/mol. The van der Waals surface area contributed by atoms with Gasteiger partial charge in [0.2, 0.25) is 0 Å². The summed E-state index contributed by atoms with van der Waals surface area (Å²) >= 11 is 0. The van der Waals surface area contributed by atoms with Crippen LogP contribution >= 0.6 is 0 Å². The third-order valence-electron chi connectivity index (χ3n) is 4.70. The fraction of sp³-hybridized carbons (Fsp3) is 0.632. The average molecular weight is 351 g/mol. The van der Waals surface area contributed by atoms with E-state index in [1.807, 2.05) is 6.92 Å². The molecule has 1 heterocycles. The smallest absolute Gasteiger partial charge is 0.315 e. The first kappa shape index (κ1) is 19.5. The van der Waals surface area contributed by atoms with E-state index in [1.54, 1.807) is 12.1 Å². The lowest BCUT2D eigenvalue weighted by molar-refractivity contribution is 0.181. The molecule has 6 heteroatoms. The van der Waals surface area contributed by atoms with Crippen LogP contribution in [-0.4, -0.2) is 44.2 Å². The van der Waals surface area contributed by atoms with E-state index in [2.05, 4.69) is 22.5 Å². The summed E-state index contributed by atoms with van der Waals surface area (Å²) in [6, 6.07) is 4.21. The van der Waals surface area contributed by atoms with Crippen molar-refractivity contribution in [3.63, 3.8) is 0 Å². The summed E-state index contributed by atoms with van der Waals surface area (Å²) in [6.07, 6.45) is 3.53. The summed E-state index contributed by atoms with van der Waals surface area (Å²) in [7, 11) is 1.43. The molecule has 1 aromatic carbocycles. The van der Waals surface area contributed by atoms with Gasteiger partial charge in [0.15, 0.2) is 11.6 Å². The van der Waals surface area contributed by atoms with Gasteiger partial charge in [-0.3, -0.25) is 0 Å². The van der Waals surface area contributed by atoms with Gasteiger partial charge in [0.05, 0.1) is 13.2 Å². The second-order valence-electron chi connectivity index (χ2n) is 6.92. The van der Waals surface area contributed by atoms with Crippen LogP contribution in [0.5, 0.6) is 5.75 Å². The third-order valence-corrected chi connectivity index (χ3v) is 4.70. The summed E-state index contributed by atoms with van der Waals surface area (Å²) in [6.45, 7) is 8.10. The molecule has 2 rings (SSSR count). The Morgan fingerprint density at radius 3 is 2.96 bits per heavy atom. The third kappa shape index (κ3) is 6.20. The highest BCUT2D eigenvalue weighted by Gasteiger charge is 2.16. The van der Waals surface area contributed by atoms with Crippen LogP contribution < -0.4 is 15.4 Å². The van der Waals surface area contributed by atoms with Gasteiger partial charge in [0.25, 0.3) is 0 Å². The van der Waals surface area contributed by atoms with Crippen LogP contribution in [0.25, 0.3) is 0 Å². The van der Waals surface area contributed by atoms with Crippen molar-refractivity contribution in [2.24, 2.45) is 5.92 Å². The minimum atomic E-state index is -0.426. The van der Waals surface area contributed by atoms with E-state index in [1.165, 1.54) is 26.0 Å². The van der Waals surface area contributed by atoms with E-state index in [4.69, 9.17) is 4.74 Å². The van der Waals surface area contributed by atoms with Gasteiger partial charge < -0.3 is 20.3 Å². The van der Waals surface area contributed by atoms with Gasteiger partial charge in [-0.05, 0) is 62.9 Å². The Morgan fingerprint density at radius 1 is 1.48 bits per heavy atom. The molecule has 2 N–H and O–H groups in total. The Balaban J connectivity index is 1.68. The Morgan fingerprint density at radius 2 is 2.28 bits per heavy atom. The van der Waals surface area contributed by atoms with E-state index >= 15 is 0 Å². The van der Waals surface area contributed by atoms with Crippen molar-refractivity contribution in [1.29, 1.82) is 0 Å². The van der Waals surface area contributed by atoms with Crippen molar-refractivity contribution in [3.05, 3.63) is 29.6 Å². The van der Waals surface area contributed by atoms with Crippen LogP contribution in [0.15, 0.2) is 18.2 Å².